The third-order valence-corrected chi connectivity index (χ3v) is 3.65. The molecule has 2 N–H and O–H groups in total. The topological polar surface area (TPSA) is 44.5 Å². The maximum atomic E-state index is 6.40. The van der Waals surface area contributed by atoms with Crippen LogP contribution in [0.2, 0.25) is 0 Å². The minimum Gasteiger partial charge on any atom is -0.497 e. The van der Waals surface area contributed by atoms with Crippen LogP contribution in [0.25, 0.3) is 0 Å². The highest BCUT2D eigenvalue weighted by Crippen LogP contribution is 2.31. The molecule has 21 heavy (non-hydrogen) atoms. The predicted octanol–water partition coefficient (Wildman–Crippen LogP) is 3.70. The molecular formula is C18H23NO2. The van der Waals surface area contributed by atoms with Crippen LogP contribution >= 0.6 is 0 Å². The van der Waals surface area contributed by atoms with Gasteiger partial charge in [-0.15, -0.1) is 0 Å². The highest BCUT2D eigenvalue weighted by atomic mass is 16.5. The molecule has 0 saturated carbocycles. The summed E-state index contributed by atoms with van der Waals surface area (Å²) in [5.74, 6) is 1.56. The summed E-state index contributed by atoms with van der Waals surface area (Å²) in [6.07, 6.45) is 2.24. The van der Waals surface area contributed by atoms with Crippen molar-refractivity contribution in [3.63, 3.8) is 0 Å². The van der Waals surface area contributed by atoms with Gasteiger partial charge in [0.25, 0.3) is 0 Å². The zero-order valence-electron chi connectivity index (χ0n) is 12.9. The zero-order valence-corrected chi connectivity index (χ0v) is 12.9. The summed E-state index contributed by atoms with van der Waals surface area (Å²) in [6.45, 7) is 2.18. The van der Waals surface area contributed by atoms with Gasteiger partial charge in [0.15, 0.2) is 0 Å². The molecule has 1 unspecified atom stereocenters. The molecule has 0 aromatic heterocycles. The van der Waals surface area contributed by atoms with E-state index in [1.165, 1.54) is 5.56 Å². The van der Waals surface area contributed by atoms with Crippen LogP contribution in [0, 0.1) is 0 Å². The van der Waals surface area contributed by atoms with Crippen molar-refractivity contribution in [1.29, 1.82) is 0 Å². The first kappa shape index (κ1) is 15.4. The Hall–Kier alpha value is -2.00. The minimum atomic E-state index is -0.231. The molecular weight excluding hydrogens is 262 g/mol. The van der Waals surface area contributed by atoms with Crippen molar-refractivity contribution in [3.05, 3.63) is 59.2 Å². The lowest BCUT2D eigenvalue weighted by atomic mass is 9.97. The zero-order chi connectivity index (χ0) is 15.2. The summed E-state index contributed by atoms with van der Waals surface area (Å²) >= 11 is 0. The van der Waals surface area contributed by atoms with Crippen molar-refractivity contribution < 1.29 is 9.47 Å². The second-order valence-electron chi connectivity index (χ2n) is 5.08. The Labute approximate surface area is 126 Å². The number of nitrogens with two attached hydrogens (primary N) is 1. The molecule has 0 radical (unpaired) electrons. The first-order valence-corrected chi connectivity index (χ1v) is 7.26. The molecule has 0 aliphatic heterocycles. The number of ether oxygens (including phenoxy) is 2. The minimum absolute atomic E-state index is 0.231. The van der Waals surface area contributed by atoms with Crippen molar-refractivity contribution >= 4 is 0 Å². The molecule has 0 amide bonds. The molecule has 0 heterocycles. The van der Waals surface area contributed by atoms with E-state index in [0.29, 0.717) is 0 Å². The van der Waals surface area contributed by atoms with E-state index in [9.17, 15) is 0 Å². The summed E-state index contributed by atoms with van der Waals surface area (Å²) < 4.78 is 10.7. The molecule has 0 spiro atoms. The molecule has 1 atom stereocenters. The maximum Gasteiger partial charge on any atom is 0.124 e. The monoisotopic (exact) mass is 285 g/mol. The van der Waals surface area contributed by atoms with Gasteiger partial charge in [-0.25, -0.2) is 0 Å². The molecule has 2 aromatic carbocycles. The number of rotatable bonds is 6. The van der Waals surface area contributed by atoms with Gasteiger partial charge >= 0.3 is 0 Å². The van der Waals surface area contributed by atoms with Gasteiger partial charge in [0.05, 0.1) is 20.3 Å². The highest BCUT2D eigenvalue weighted by molar-refractivity contribution is 5.46. The first-order valence-electron chi connectivity index (χ1n) is 7.26. The lowest BCUT2D eigenvalue weighted by Crippen LogP contribution is -2.13. The third-order valence-electron chi connectivity index (χ3n) is 3.65. The standard InChI is InChI=1S/C18H23NO2/c1-4-5-13-6-8-14(9-7-13)18(19)16-12-15(20-2)10-11-17(16)21-3/h6-12,18H,4-5,19H2,1-3H3. The molecule has 2 aromatic rings. The lowest BCUT2D eigenvalue weighted by molar-refractivity contribution is 0.397. The fraction of sp³-hybridized carbons (Fsp3) is 0.333. The van der Waals surface area contributed by atoms with Crippen LogP contribution < -0.4 is 15.2 Å². The summed E-state index contributed by atoms with van der Waals surface area (Å²) in [5, 5.41) is 0. The van der Waals surface area contributed by atoms with Gasteiger partial charge in [-0.1, -0.05) is 37.6 Å². The lowest BCUT2D eigenvalue weighted by Gasteiger charge is -2.17. The van der Waals surface area contributed by atoms with Crippen LogP contribution in [0.15, 0.2) is 42.5 Å². The Morgan fingerprint density at radius 3 is 2.29 bits per heavy atom. The smallest absolute Gasteiger partial charge is 0.124 e. The van der Waals surface area contributed by atoms with Crippen LogP contribution in [0.3, 0.4) is 0 Å². The van der Waals surface area contributed by atoms with Gasteiger partial charge in [-0.2, -0.15) is 0 Å². The van der Waals surface area contributed by atoms with Crippen molar-refractivity contribution in [3.8, 4) is 11.5 Å². The fourth-order valence-electron chi connectivity index (χ4n) is 2.44. The molecule has 3 nitrogen and oxygen atoms in total. The van der Waals surface area contributed by atoms with Crippen molar-refractivity contribution in [2.24, 2.45) is 5.73 Å². The molecule has 2 rings (SSSR count). The Morgan fingerprint density at radius 1 is 1.00 bits per heavy atom. The molecule has 0 bridgehead atoms. The summed E-state index contributed by atoms with van der Waals surface area (Å²) in [5.41, 5.74) is 9.75. The largest absolute Gasteiger partial charge is 0.497 e. The van der Waals surface area contributed by atoms with E-state index in [2.05, 4.69) is 31.2 Å². The van der Waals surface area contributed by atoms with Crippen LogP contribution in [0.1, 0.15) is 36.1 Å². The van der Waals surface area contributed by atoms with E-state index < -0.39 is 0 Å². The van der Waals surface area contributed by atoms with E-state index in [1.807, 2.05) is 18.2 Å². The Kier molecular flexibility index (Phi) is 5.23. The van der Waals surface area contributed by atoms with Gasteiger partial charge in [-0.05, 0) is 35.7 Å². The SMILES string of the molecule is CCCc1ccc(C(N)c2cc(OC)ccc2OC)cc1. The molecule has 3 heteroatoms. The van der Waals surface area contributed by atoms with Gasteiger partial charge in [0, 0.05) is 5.56 Å². The average Bonchev–Trinajstić information content (AvgIpc) is 2.54. The van der Waals surface area contributed by atoms with Crippen molar-refractivity contribution in [2.45, 2.75) is 25.8 Å². The van der Waals surface area contributed by atoms with Crippen LogP contribution in [-0.2, 0) is 6.42 Å². The van der Waals surface area contributed by atoms with Gasteiger partial charge in [0.1, 0.15) is 11.5 Å². The average molecular weight is 285 g/mol. The number of hydrogen-bond acceptors (Lipinski definition) is 3. The van der Waals surface area contributed by atoms with Crippen molar-refractivity contribution in [1.82, 2.24) is 0 Å². The summed E-state index contributed by atoms with van der Waals surface area (Å²) in [7, 11) is 3.30. The normalized spacial score (nSPS) is 12.0. The number of benzene rings is 2. The van der Waals surface area contributed by atoms with Crippen LogP contribution in [0.4, 0.5) is 0 Å². The molecule has 0 saturated heterocycles. The van der Waals surface area contributed by atoms with Gasteiger partial charge in [0.2, 0.25) is 0 Å². The van der Waals surface area contributed by atoms with E-state index in [4.69, 9.17) is 15.2 Å². The second kappa shape index (κ2) is 7.14. The van der Waals surface area contributed by atoms with E-state index >= 15 is 0 Å². The third kappa shape index (κ3) is 3.56. The molecule has 0 fully saturated rings. The Balaban J connectivity index is 2.31. The number of hydrogen-bond donors (Lipinski definition) is 1. The van der Waals surface area contributed by atoms with Crippen LogP contribution in [-0.4, -0.2) is 14.2 Å². The fourth-order valence-corrected chi connectivity index (χ4v) is 2.44. The molecule has 0 aliphatic carbocycles. The Morgan fingerprint density at radius 2 is 1.71 bits per heavy atom. The van der Waals surface area contributed by atoms with E-state index in [-0.39, 0.29) is 6.04 Å². The first-order chi connectivity index (χ1) is 10.2. The predicted molar refractivity (Wildman–Crippen MR) is 86.0 cm³/mol. The number of methoxy groups -OCH3 is 2. The summed E-state index contributed by atoms with van der Waals surface area (Å²) in [6, 6.07) is 13.9. The van der Waals surface area contributed by atoms with Gasteiger partial charge in [-0.3, -0.25) is 0 Å². The quantitative estimate of drug-likeness (QED) is 0.880. The Bertz CT molecular complexity index is 578. The van der Waals surface area contributed by atoms with E-state index in [1.54, 1.807) is 14.2 Å². The highest BCUT2D eigenvalue weighted by Gasteiger charge is 2.15. The van der Waals surface area contributed by atoms with Gasteiger partial charge < -0.3 is 15.2 Å². The second-order valence-corrected chi connectivity index (χ2v) is 5.08. The molecule has 112 valence electrons. The van der Waals surface area contributed by atoms with Crippen molar-refractivity contribution in [2.75, 3.05) is 14.2 Å². The molecule has 0 aliphatic rings. The van der Waals surface area contributed by atoms with E-state index in [0.717, 1.165) is 35.5 Å². The number of aryl methyl sites for hydroxylation is 1. The summed E-state index contributed by atoms with van der Waals surface area (Å²) in [4.78, 5) is 0. The maximum absolute atomic E-state index is 6.40. The van der Waals surface area contributed by atoms with Crippen LogP contribution in [0.5, 0.6) is 11.5 Å².